The van der Waals surface area contributed by atoms with Crippen LogP contribution in [0.3, 0.4) is 0 Å². The van der Waals surface area contributed by atoms with Crippen molar-refractivity contribution < 1.29 is 4.79 Å². The highest BCUT2D eigenvalue weighted by molar-refractivity contribution is 6.02. The molecule has 1 heterocycles. The lowest BCUT2D eigenvalue weighted by Crippen LogP contribution is -2.54. The second-order valence-corrected chi connectivity index (χ2v) is 6.28. The number of carbonyl (C=O) groups excluding carboxylic acids is 1. The predicted molar refractivity (Wildman–Crippen MR) is 67.2 cm³/mol. The van der Waals surface area contributed by atoms with Crippen LogP contribution in [0.4, 0.5) is 0 Å². The summed E-state index contributed by atoms with van der Waals surface area (Å²) in [6.07, 6.45) is 2.96. The average molecular weight is 232 g/mol. The minimum Gasteiger partial charge on any atom is -0.307 e. The zero-order chi connectivity index (χ0) is 12.8. The molecule has 2 aliphatic rings. The summed E-state index contributed by atoms with van der Waals surface area (Å²) in [5.41, 5.74) is -0.0985. The summed E-state index contributed by atoms with van der Waals surface area (Å²) in [5.74, 6) is 0.378. The van der Waals surface area contributed by atoms with Gasteiger partial charge in [0.2, 0.25) is 5.70 Å². The molecule has 1 aliphatic carbocycles. The fraction of sp³-hybridized carbons (Fsp3) is 0.714. The highest BCUT2D eigenvalue weighted by Gasteiger charge is 2.52. The van der Waals surface area contributed by atoms with Gasteiger partial charge >= 0.3 is 0 Å². The van der Waals surface area contributed by atoms with Gasteiger partial charge in [-0.05, 0) is 31.3 Å². The Morgan fingerprint density at radius 3 is 2.71 bits per heavy atom. The summed E-state index contributed by atoms with van der Waals surface area (Å²) < 4.78 is 0. The number of rotatable bonds is 0. The van der Waals surface area contributed by atoms with Crippen molar-refractivity contribution in [3.05, 3.63) is 23.2 Å². The van der Waals surface area contributed by atoms with Crippen LogP contribution in [-0.2, 0) is 4.79 Å². The molecule has 0 bridgehead atoms. The first-order valence-corrected chi connectivity index (χ1v) is 6.15. The number of ketones is 1. The van der Waals surface area contributed by atoms with Gasteiger partial charge in [-0.2, -0.15) is 0 Å². The molecule has 0 spiro atoms. The normalized spacial score (nSPS) is 37.0. The van der Waals surface area contributed by atoms with Crippen LogP contribution in [0.15, 0.2) is 11.8 Å². The molecular weight excluding hydrogens is 212 g/mol. The summed E-state index contributed by atoms with van der Waals surface area (Å²) >= 11 is 0. The van der Waals surface area contributed by atoms with Gasteiger partial charge in [0.05, 0.1) is 6.57 Å². The van der Waals surface area contributed by atoms with Gasteiger partial charge in [0.25, 0.3) is 0 Å². The third-order valence-electron chi connectivity index (χ3n) is 4.48. The van der Waals surface area contributed by atoms with Crippen molar-refractivity contribution >= 4 is 5.78 Å². The maximum absolute atomic E-state index is 12.3. The Hall–Kier alpha value is -1.14. The van der Waals surface area contributed by atoms with Gasteiger partial charge in [-0.25, -0.2) is 4.85 Å². The van der Waals surface area contributed by atoms with E-state index in [-0.39, 0.29) is 11.2 Å². The highest BCUT2D eigenvalue weighted by atomic mass is 16.1. The van der Waals surface area contributed by atoms with Gasteiger partial charge in [0.1, 0.15) is 0 Å². The van der Waals surface area contributed by atoms with Gasteiger partial charge in [-0.3, -0.25) is 0 Å². The molecule has 0 unspecified atom stereocenters. The Morgan fingerprint density at radius 1 is 1.47 bits per heavy atom. The van der Waals surface area contributed by atoms with Crippen molar-refractivity contribution in [3.8, 4) is 0 Å². The van der Waals surface area contributed by atoms with Crippen molar-refractivity contribution in [1.29, 1.82) is 0 Å². The smallest absolute Gasteiger partial charge is 0.226 e. The zero-order valence-corrected chi connectivity index (χ0v) is 11.1. The summed E-state index contributed by atoms with van der Waals surface area (Å²) in [5, 5.41) is 0. The average Bonchev–Trinajstić information content (AvgIpc) is 2.23. The van der Waals surface area contributed by atoms with Crippen molar-refractivity contribution in [1.82, 2.24) is 4.90 Å². The maximum atomic E-state index is 12.3. The molecule has 3 nitrogen and oxygen atoms in total. The first-order valence-electron chi connectivity index (χ1n) is 6.15. The van der Waals surface area contributed by atoms with Gasteiger partial charge < -0.3 is 9.69 Å². The van der Waals surface area contributed by atoms with Crippen LogP contribution in [-0.4, -0.2) is 30.8 Å². The van der Waals surface area contributed by atoms with E-state index < -0.39 is 5.41 Å². The fourth-order valence-electron chi connectivity index (χ4n) is 3.73. The van der Waals surface area contributed by atoms with Crippen molar-refractivity contribution in [2.45, 2.75) is 27.2 Å². The molecule has 0 aromatic heterocycles. The van der Waals surface area contributed by atoms with Crippen LogP contribution in [0.25, 0.3) is 4.85 Å². The first kappa shape index (κ1) is 12.3. The first-order chi connectivity index (χ1) is 7.81. The Labute approximate surface area is 103 Å². The lowest BCUT2D eigenvalue weighted by Gasteiger charge is -2.52. The van der Waals surface area contributed by atoms with Crippen LogP contribution in [0.5, 0.6) is 0 Å². The van der Waals surface area contributed by atoms with E-state index in [0.29, 0.717) is 11.6 Å². The third-order valence-corrected chi connectivity index (χ3v) is 4.48. The monoisotopic (exact) mass is 232 g/mol. The molecule has 92 valence electrons. The zero-order valence-electron chi connectivity index (χ0n) is 11.1. The molecule has 1 aliphatic heterocycles. The lowest BCUT2D eigenvalue weighted by molar-refractivity contribution is -0.132. The van der Waals surface area contributed by atoms with Gasteiger partial charge in [-0.15, -0.1) is 0 Å². The molecule has 1 fully saturated rings. The van der Waals surface area contributed by atoms with E-state index in [1.165, 1.54) is 0 Å². The summed E-state index contributed by atoms with van der Waals surface area (Å²) in [7, 11) is 2.11. The van der Waals surface area contributed by atoms with E-state index in [1.807, 2.05) is 19.9 Å². The molecule has 3 heteroatoms. The number of fused-ring (bicyclic) bond motifs is 1. The van der Waals surface area contributed by atoms with Gasteiger partial charge in [0.15, 0.2) is 5.78 Å². The van der Waals surface area contributed by atoms with Crippen LogP contribution < -0.4 is 0 Å². The van der Waals surface area contributed by atoms with Gasteiger partial charge in [-0.1, -0.05) is 26.8 Å². The second kappa shape index (κ2) is 3.68. The standard InChI is InChI=1S/C14H20N2O/c1-13(2)11-6-7-16(5)9-14(11,3)8-10(15-4)12(13)17/h8,11H,6-7,9H2,1-3,5H3/t11-,14+/m1/s1. The Kier molecular flexibility index (Phi) is 2.67. The number of carbonyl (C=O) groups is 1. The summed E-state index contributed by atoms with van der Waals surface area (Å²) in [6, 6.07) is 0. The molecule has 17 heavy (non-hydrogen) atoms. The number of Topliss-reactive ketones (excluding diaryl/α,β-unsaturated/α-hetero) is 1. The fourth-order valence-corrected chi connectivity index (χ4v) is 3.73. The van der Waals surface area contributed by atoms with Crippen molar-refractivity contribution in [2.24, 2.45) is 16.7 Å². The number of piperidine rings is 1. The van der Waals surface area contributed by atoms with E-state index in [4.69, 9.17) is 6.57 Å². The lowest BCUT2D eigenvalue weighted by atomic mass is 9.55. The summed E-state index contributed by atoms with van der Waals surface area (Å²) in [4.78, 5) is 18.0. The molecule has 2 rings (SSSR count). The highest BCUT2D eigenvalue weighted by Crippen LogP contribution is 2.51. The largest absolute Gasteiger partial charge is 0.307 e. The molecule has 0 N–H and O–H groups in total. The molecule has 1 saturated heterocycles. The third kappa shape index (κ3) is 1.71. The number of nitrogens with zero attached hydrogens (tertiary/aromatic N) is 2. The predicted octanol–water partition coefficient (Wildman–Crippen LogP) is 2.36. The van der Waals surface area contributed by atoms with Crippen molar-refractivity contribution in [2.75, 3.05) is 20.1 Å². The van der Waals surface area contributed by atoms with Gasteiger partial charge in [0, 0.05) is 12.0 Å². The van der Waals surface area contributed by atoms with E-state index in [2.05, 4.69) is 23.7 Å². The van der Waals surface area contributed by atoms with E-state index >= 15 is 0 Å². The topological polar surface area (TPSA) is 24.7 Å². The van der Waals surface area contributed by atoms with E-state index in [9.17, 15) is 4.79 Å². The quantitative estimate of drug-likeness (QED) is 0.599. The van der Waals surface area contributed by atoms with E-state index in [0.717, 1.165) is 19.5 Å². The minimum atomic E-state index is -0.398. The maximum Gasteiger partial charge on any atom is 0.226 e. The van der Waals surface area contributed by atoms with Crippen molar-refractivity contribution in [3.63, 3.8) is 0 Å². The Balaban J connectivity index is 2.51. The molecular formula is C14H20N2O. The number of hydrogen-bond acceptors (Lipinski definition) is 2. The molecule has 0 aromatic carbocycles. The van der Waals surface area contributed by atoms with E-state index in [1.54, 1.807) is 0 Å². The number of likely N-dealkylation sites (tertiary alicyclic amines) is 1. The second-order valence-electron chi connectivity index (χ2n) is 6.28. The molecule has 0 aromatic rings. The Morgan fingerprint density at radius 2 is 2.12 bits per heavy atom. The number of hydrogen-bond donors (Lipinski definition) is 0. The molecule has 0 radical (unpaired) electrons. The summed E-state index contributed by atoms with van der Waals surface area (Å²) in [6.45, 7) is 15.3. The minimum absolute atomic E-state index is 0.0273. The van der Waals surface area contributed by atoms with Crippen LogP contribution in [0.1, 0.15) is 27.2 Å². The van der Waals surface area contributed by atoms with Crippen LogP contribution >= 0.6 is 0 Å². The SMILES string of the molecule is [C-]#[N+]C1=C[C@@]2(C)CN(C)CC[C@@H]2C(C)(C)C1=O. The van der Waals surface area contributed by atoms with Crippen LogP contribution in [0, 0.1) is 23.3 Å². The Bertz CT molecular complexity index is 430. The van der Waals surface area contributed by atoms with Crippen LogP contribution in [0.2, 0.25) is 0 Å². The molecule has 0 saturated carbocycles. The number of allylic oxidation sites excluding steroid dienone is 1. The molecule has 0 amide bonds. The molecule has 2 atom stereocenters.